The molecule has 3 unspecified atom stereocenters. The SMILES string of the molecule is NC(c1ccc(F)cc1F)C1C2CCCCC21. The summed E-state index contributed by atoms with van der Waals surface area (Å²) in [6.45, 7) is 0. The first-order valence-corrected chi connectivity index (χ1v) is 6.39. The fourth-order valence-electron chi connectivity index (χ4n) is 3.56. The molecular weight excluding hydrogens is 220 g/mol. The number of benzene rings is 1. The average molecular weight is 237 g/mol. The molecule has 2 N–H and O–H groups in total. The minimum Gasteiger partial charge on any atom is -0.324 e. The van der Waals surface area contributed by atoms with Gasteiger partial charge in [-0.05, 0) is 36.7 Å². The van der Waals surface area contributed by atoms with Gasteiger partial charge in [0.1, 0.15) is 11.6 Å². The average Bonchev–Trinajstić information content (AvgIpc) is 3.02. The molecule has 2 aliphatic carbocycles. The summed E-state index contributed by atoms with van der Waals surface area (Å²) in [5, 5.41) is 0. The van der Waals surface area contributed by atoms with Crippen LogP contribution >= 0.6 is 0 Å². The minimum absolute atomic E-state index is 0.260. The highest BCUT2D eigenvalue weighted by molar-refractivity contribution is 5.25. The molecule has 1 nitrogen and oxygen atoms in total. The van der Waals surface area contributed by atoms with Crippen LogP contribution < -0.4 is 5.73 Å². The van der Waals surface area contributed by atoms with E-state index in [2.05, 4.69) is 0 Å². The molecule has 1 aromatic rings. The maximum Gasteiger partial charge on any atom is 0.130 e. The molecular formula is C14H17F2N. The lowest BCUT2D eigenvalue weighted by molar-refractivity contribution is 0.480. The van der Waals surface area contributed by atoms with Crippen LogP contribution in [0.4, 0.5) is 8.78 Å². The van der Waals surface area contributed by atoms with Crippen molar-refractivity contribution in [1.29, 1.82) is 0 Å². The number of hydrogen-bond donors (Lipinski definition) is 1. The Balaban J connectivity index is 1.80. The number of fused-ring (bicyclic) bond motifs is 1. The molecule has 0 aliphatic heterocycles. The van der Waals surface area contributed by atoms with Crippen LogP contribution in [0.3, 0.4) is 0 Å². The van der Waals surface area contributed by atoms with E-state index in [0.717, 1.165) is 6.07 Å². The van der Waals surface area contributed by atoms with Gasteiger partial charge < -0.3 is 5.73 Å². The van der Waals surface area contributed by atoms with Crippen LogP contribution in [-0.2, 0) is 0 Å². The van der Waals surface area contributed by atoms with Crippen molar-refractivity contribution < 1.29 is 8.78 Å². The van der Waals surface area contributed by atoms with Crippen molar-refractivity contribution in [3.05, 3.63) is 35.4 Å². The van der Waals surface area contributed by atoms with E-state index in [0.29, 0.717) is 23.3 Å². The Morgan fingerprint density at radius 3 is 2.35 bits per heavy atom. The summed E-state index contributed by atoms with van der Waals surface area (Å²) in [4.78, 5) is 0. The van der Waals surface area contributed by atoms with Gasteiger partial charge in [-0.25, -0.2) is 8.78 Å². The summed E-state index contributed by atoms with van der Waals surface area (Å²) in [7, 11) is 0. The van der Waals surface area contributed by atoms with Crippen LogP contribution in [-0.4, -0.2) is 0 Å². The van der Waals surface area contributed by atoms with E-state index < -0.39 is 11.6 Å². The Morgan fingerprint density at radius 1 is 1.12 bits per heavy atom. The van der Waals surface area contributed by atoms with Crippen LogP contribution in [0.15, 0.2) is 18.2 Å². The summed E-state index contributed by atoms with van der Waals surface area (Å²) in [5.41, 5.74) is 6.63. The molecule has 3 heteroatoms. The lowest BCUT2D eigenvalue weighted by Gasteiger charge is -2.13. The minimum atomic E-state index is -0.535. The van der Waals surface area contributed by atoms with Gasteiger partial charge in [-0.3, -0.25) is 0 Å². The van der Waals surface area contributed by atoms with Crippen molar-refractivity contribution >= 4 is 0 Å². The lowest BCUT2D eigenvalue weighted by atomic mass is 10.0. The molecule has 2 saturated carbocycles. The maximum absolute atomic E-state index is 13.6. The highest BCUT2D eigenvalue weighted by atomic mass is 19.1. The van der Waals surface area contributed by atoms with Crippen molar-refractivity contribution in [2.75, 3.05) is 0 Å². The van der Waals surface area contributed by atoms with Crippen LogP contribution in [0.1, 0.15) is 37.3 Å². The Kier molecular flexibility index (Phi) is 2.66. The van der Waals surface area contributed by atoms with Crippen molar-refractivity contribution in [3.8, 4) is 0 Å². The Morgan fingerprint density at radius 2 is 1.76 bits per heavy atom. The third-order valence-corrected chi connectivity index (χ3v) is 4.46. The first-order chi connectivity index (χ1) is 8.18. The van der Waals surface area contributed by atoms with E-state index in [4.69, 9.17) is 5.73 Å². The molecule has 2 aliphatic rings. The maximum atomic E-state index is 13.6. The predicted molar refractivity (Wildman–Crippen MR) is 62.2 cm³/mol. The second kappa shape index (κ2) is 4.05. The predicted octanol–water partition coefficient (Wildman–Crippen LogP) is 3.40. The van der Waals surface area contributed by atoms with Gasteiger partial charge in [-0.1, -0.05) is 18.9 Å². The molecule has 2 fully saturated rings. The summed E-state index contributed by atoms with van der Waals surface area (Å²) >= 11 is 0. The van der Waals surface area contributed by atoms with Gasteiger partial charge in [-0.2, -0.15) is 0 Å². The second-order valence-electron chi connectivity index (χ2n) is 5.38. The van der Waals surface area contributed by atoms with E-state index in [1.807, 2.05) is 0 Å². The second-order valence-corrected chi connectivity index (χ2v) is 5.38. The fourth-order valence-corrected chi connectivity index (χ4v) is 3.56. The summed E-state index contributed by atoms with van der Waals surface area (Å²) in [6, 6.07) is 3.47. The van der Waals surface area contributed by atoms with Gasteiger partial charge in [0.15, 0.2) is 0 Å². The highest BCUT2D eigenvalue weighted by Gasteiger charge is 2.53. The molecule has 0 aromatic heterocycles. The molecule has 0 amide bonds. The van der Waals surface area contributed by atoms with Crippen molar-refractivity contribution in [2.45, 2.75) is 31.7 Å². The van der Waals surface area contributed by atoms with Gasteiger partial charge in [0.2, 0.25) is 0 Å². The summed E-state index contributed by atoms with van der Waals surface area (Å²) in [5.74, 6) is 0.747. The molecule has 3 rings (SSSR count). The van der Waals surface area contributed by atoms with E-state index in [1.54, 1.807) is 0 Å². The van der Waals surface area contributed by atoms with Crippen LogP contribution in [0, 0.1) is 29.4 Å². The van der Waals surface area contributed by atoms with Gasteiger partial charge in [-0.15, -0.1) is 0 Å². The van der Waals surface area contributed by atoms with Crippen molar-refractivity contribution in [1.82, 2.24) is 0 Å². The van der Waals surface area contributed by atoms with E-state index in [1.165, 1.54) is 37.8 Å². The Labute approximate surface area is 100 Å². The molecule has 0 saturated heterocycles. The normalized spacial score (nSPS) is 33.0. The topological polar surface area (TPSA) is 26.0 Å². The summed E-state index contributed by atoms with van der Waals surface area (Å²) in [6.07, 6.45) is 5.00. The largest absolute Gasteiger partial charge is 0.324 e. The molecule has 0 radical (unpaired) electrons. The number of halogens is 2. The standard InChI is InChI=1S/C14H17F2N/c15-8-5-6-11(12(16)7-8)14(17)13-9-3-1-2-4-10(9)13/h5-7,9-10,13-14H,1-4,17H2. The molecule has 0 spiro atoms. The van der Waals surface area contributed by atoms with Crippen LogP contribution in [0.2, 0.25) is 0 Å². The van der Waals surface area contributed by atoms with Crippen molar-refractivity contribution in [2.24, 2.45) is 23.5 Å². The third-order valence-electron chi connectivity index (χ3n) is 4.46. The van der Waals surface area contributed by atoms with Gasteiger partial charge in [0.05, 0.1) is 0 Å². The quantitative estimate of drug-likeness (QED) is 0.838. The van der Waals surface area contributed by atoms with Gasteiger partial charge in [0.25, 0.3) is 0 Å². The molecule has 0 heterocycles. The highest BCUT2D eigenvalue weighted by Crippen LogP contribution is 2.59. The Bertz CT molecular complexity index is 420. The van der Waals surface area contributed by atoms with Gasteiger partial charge in [0, 0.05) is 17.7 Å². The fraction of sp³-hybridized carbons (Fsp3) is 0.571. The van der Waals surface area contributed by atoms with Gasteiger partial charge >= 0.3 is 0 Å². The molecule has 92 valence electrons. The smallest absolute Gasteiger partial charge is 0.130 e. The van der Waals surface area contributed by atoms with E-state index >= 15 is 0 Å². The monoisotopic (exact) mass is 237 g/mol. The molecule has 17 heavy (non-hydrogen) atoms. The number of hydrogen-bond acceptors (Lipinski definition) is 1. The zero-order valence-corrected chi connectivity index (χ0v) is 9.70. The Hall–Kier alpha value is -0.960. The molecule has 0 bridgehead atoms. The van der Waals surface area contributed by atoms with Crippen LogP contribution in [0.5, 0.6) is 0 Å². The summed E-state index contributed by atoms with van der Waals surface area (Å²) < 4.78 is 26.5. The zero-order valence-electron chi connectivity index (χ0n) is 9.70. The van der Waals surface area contributed by atoms with Crippen molar-refractivity contribution in [3.63, 3.8) is 0 Å². The van der Waals surface area contributed by atoms with E-state index in [9.17, 15) is 8.78 Å². The molecule has 3 atom stereocenters. The third kappa shape index (κ3) is 1.86. The van der Waals surface area contributed by atoms with E-state index in [-0.39, 0.29) is 6.04 Å². The number of rotatable bonds is 2. The van der Waals surface area contributed by atoms with Crippen LogP contribution in [0.25, 0.3) is 0 Å². The first kappa shape index (κ1) is 11.1. The molecule has 1 aromatic carbocycles. The first-order valence-electron chi connectivity index (χ1n) is 6.39. The number of nitrogens with two attached hydrogens (primary N) is 1. The zero-order chi connectivity index (χ0) is 12.0. The lowest BCUT2D eigenvalue weighted by Crippen LogP contribution is -2.16.